The summed E-state index contributed by atoms with van der Waals surface area (Å²) in [5, 5.41) is 12.5. The maximum Gasteiger partial charge on any atom is 0.230 e. The van der Waals surface area contributed by atoms with Crippen LogP contribution in [0, 0.1) is 5.92 Å². The molecule has 3 nitrogen and oxygen atoms in total. The van der Waals surface area contributed by atoms with Gasteiger partial charge >= 0.3 is 0 Å². The molecule has 0 bridgehead atoms. The minimum absolute atomic E-state index is 0.116. The minimum Gasteiger partial charge on any atom is -0.393 e. The summed E-state index contributed by atoms with van der Waals surface area (Å²) in [6.45, 7) is 7.06. The summed E-state index contributed by atoms with van der Waals surface area (Å²) < 4.78 is 0.137. The van der Waals surface area contributed by atoms with E-state index >= 15 is 0 Å². The lowest BCUT2D eigenvalue weighted by atomic mass is 9.87. The average Bonchev–Trinajstić information content (AvgIpc) is 2.23. The van der Waals surface area contributed by atoms with Crippen LogP contribution in [0.25, 0.3) is 0 Å². The molecule has 2 atom stereocenters. The van der Waals surface area contributed by atoms with Crippen molar-refractivity contribution in [2.75, 3.05) is 12.3 Å². The molecule has 17 heavy (non-hydrogen) atoms. The molecule has 1 aliphatic carbocycles. The van der Waals surface area contributed by atoms with Gasteiger partial charge in [0.1, 0.15) is 0 Å². The molecule has 0 aromatic rings. The van der Waals surface area contributed by atoms with Crippen molar-refractivity contribution in [1.82, 2.24) is 5.32 Å². The number of hydrogen-bond acceptors (Lipinski definition) is 3. The normalized spacial score (nSPS) is 25.6. The van der Waals surface area contributed by atoms with Gasteiger partial charge in [-0.05, 0) is 25.2 Å². The summed E-state index contributed by atoms with van der Waals surface area (Å²) in [4.78, 5) is 11.6. The number of carbonyl (C=O) groups excluding carboxylic acids is 1. The van der Waals surface area contributed by atoms with Gasteiger partial charge in [0.05, 0.1) is 11.9 Å². The van der Waals surface area contributed by atoms with Crippen molar-refractivity contribution in [1.29, 1.82) is 0 Å². The van der Waals surface area contributed by atoms with Gasteiger partial charge in [-0.1, -0.05) is 27.2 Å². The molecule has 0 saturated heterocycles. The zero-order valence-electron chi connectivity index (χ0n) is 11.2. The smallest absolute Gasteiger partial charge is 0.230 e. The summed E-state index contributed by atoms with van der Waals surface area (Å²) >= 11 is 1.67. The Morgan fingerprint density at radius 2 is 2.12 bits per heavy atom. The third-order valence-electron chi connectivity index (χ3n) is 2.98. The summed E-state index contributed by atoms with van der Waals surface area (Å²) in [7, 11) is 0. The van der Waals surface area contributed by atoms with E-state index in [1.54, 1.807) is 11.8 Å². The van der Waals surface area contributed by atoms with Crippen molar-refractivity contribution < 1.29 is 9.90 Å². The van der Waals surface area contributed by atoms with Gasteiger partial charge in [-0.25, -0.2) is 0 Å². The largest absolute Gasteiger partial charge is 0.393 e. The SMILES string of the molecule is CC(C)(C)SCC(=O)NCC1CCCC(O)C1. The van der Waals surface area contributed by atoms with E-state index < -0.39 is 0 Å². The number of amides is 1. The number of carbonyl (C=O) groups is 1. The fourth-order valence-corrected chi connectivity index (χ4v) is 2.71. The molecule has 1 amide bonds. The van der Waals surface area contributed by atoms with Crippen LogP contribution in [0.5, 0.6) is 0 Å². The van der Waals surface area contributed by atoms with Gasteiger partial charge in [-0.3, -0.25) is 4.79 Å². The van der Waals surface area contributed by atoms with Crippen LogP contribution in [0.1, 0.15) is 46.5 Å². The van der Waals surface area contributed by atoms with Crippen LogP contribution < -0.4 is 5.32 Å². The fraction of sp³-hybridized carbons (Fsp3) is 0.923. The number of hydrogen-bond donors (Lipinski definition) is 2. The Labute approximate surface area is 109 Å². The highest BCUT2D eigenvalue weighted by Gasteiger charge is 2.20. The lowest BCUT2D eigenvalue weighted by Crippen LogP contribution is -2.34. The van der Waals surface area contributed by atoms with Gasteiger partial charge in [0.25, 0.3) is 0 Å². The molecule has 1 saturated carbocycles. The van der Waals surface area contributed by atoms with Gasteiger partial charge in [-0.2, -0.15) is 0 Å². The van der Waals surface area contributed by atoms with Crippen molar-refractivity contribution in [3.05, 3.63) is 0 Å². The molecule has 1 fully saturated rings. The van der Waals surface area contributed by atoms with Crippen molar-refractivity contribution in [2.45, 2.75) is 57.3 Å². The van der Waals surface area contributed by atoms with E-state index in [9.17, 15) is 9.90 Å². The standard InChI is InChI=1S/C13H25NO2S/c1-13(2,3)17-9-12(16)14-8-10-5-4-6-11(15)7-10/h10-11,15H,4-9H2,1-3H3,(H,14,16). The van der Waals surface area contributed by atoms with Crippen molar-refractivity contribution in [2.24, 2.45) is 5.92 Å². The molecular weight excluding hydrogens is 234 g/mol. The predicted octanol–water partition coefficient (Wildman–Crippen LogP) is 2.19. The van der Waals surface area contributed by atoms with E-state index in [1.165, 1.54) is 0 Å². The Balaban J connectivity index is 2.15. The second-order valence-electron chi connectivity index (χ2n) is 5.89. The molecular formula is C13H25NO2S. The Morgan fingerprint density at radius 3 is 2.71 bits per heavy atom. The molecule has 0 spiro atoms. The van der Waals surface area contributed by atoms with Crippen LogP contribution in [0.4, 0.5) is 0 Å². The first kappa shape index (κ1) is 14.8. The van der Waals surface area contributed by atoms with Crippen molar-refractivity contribution in [3.63, 3.8) is 0 Å². The first-order valence-corrected chi connectivity index (χ1v) is 7.44. The van der Waals surface area contributed by atoms with Crippen LogP contribution in [0.3, 0.4) is 0 Å². The van der Waals surface area contributed by atoms with Gasteiger partial charge in [0, 0.05) is 11.3 Å². The van der Waals surface area contributed by atoms with E-state index in [2.05, 4.69) is 26.1 Å². The summed E-state index contributed by atoms with van der Waals surface area (Å²) in [6, 6.07) is 0. The first-order valence-electron chi connectivity index (χ1n) is 6.45. The van der Waals surface area contributed by atoms with Gasteiger partial charge in [-0.15, -0.1) is 11.8 Å². The Kier molecular flexibility index (Phi) is 5.80. The van der Waals surface area contributed by atoms with Crippen LogP contribution in [0.2, 0.25) is 0 Å². The van der Waals surface area contributed by atoms with Crippen LogP contribution in [-0.2, 0) is 4.79 Å². The number of rotatable bonds is 4. The molecule has 0 aromatic carbocycles. The lowest BCUT2D eigenvalue weighted by molar-refractivity contribution is -0.118. The average molecular weight is 259 g/mol. The monoisotopic (exact) mass is 259 g/mol. The number of aliphatic hydroxyl groups is 1. The molecule has 0 aromatic heterocycles. The molecule has 1 aliphatic rings. The molecule has 100 valence electrons. The number of aliphatic hydroxyl groups excluding tert-OH is 1. The van der Waals surface area contributed by atoms with Crippen LogP contribution in [0.15, 0.2) is 0 Å². The van der Waals surface area contributed by atoms with Gasteiger partial charge < -0.3 is 10.4 Å². The van der Waals surface area contributed by atoms with Gasteiger partial charge in [0.2, 0.25) is 5.91 Å². The third-order valence-corrected chi connectivity index (χ3v) is 4.25. The Morgan fingerprint density at radius 1 is 1.41 bits per heavy atom. The highest BCUT2D eigenvalue weighted by Crippen LogP contribution is 2.24. The zero-order valence-corrected chi connectivity index (χ0v) is 12.0. The molecule has 2 unspecified atom stereocenters. The van der Waals surface area contributed by atoms with Crippen molar-refractivity contribution in [3.8, 4) is 0 Å². The summed E-state index contributed by atoms with van der Waals surface area (Å²) in [5.41, 5.74) is 0. The molecule has 4 heteroatoms. The summed E-state index contributed by atoms with van der Waals surface area (Å²) in [6.07, 6.45) is 3.81. The maximum absolute atomic E-state index is 11.6. The molecule has 0 radical (unpaired) electrons. The van der Waals surface area contributed by atoms with E-state index in [-0.39, 0.29) is 16.8 Å². The quantitative estimate of drug-likeness (QED) is 0.813. The fourth-order valence-electron chi connectivity index (χ4n) is 2.04. The zero-order chi connectivity index (χ0) is 12.9. The lowest BCUT2D eigenvalue weighted by Gasteiger charge is -2.26. The topological polar surface area (TPSA) is 49.3 Å². The van der Waals surface area contributed by atoms with Crippen LogP contribution >= 0.6 is 11.8 Å². The molecule has 1 rings (SSSR count). The summed E-state index contributed by atoms with van der Waals surface area (Å²) in [5.74, 6) is 1.10. The highest BCUT2D eigenvalue weighted by atomic mass is 32.2. The maximum atomic E-state index is 11.6. The van der Waals surface area contributed by atoms with Crippen molar-refractivity contribution >= 4 is 17.7 Å². The third kappa shape index (κ3) is 6.94. The molecule has 0 aliphatic heterocycles. The first-order chi connectivity index (χ1) is 7.87. The second kappa shape index (κ2) is 6.64. The highest BCUT2D eigenvalue weighted by molar-refractivity contribution is 8.01. The predicted molar refractivity (Wildman–Crippen MR) is 73.2 cm³/mol. The Bertz CT molecular complexity index is 250. The molecule has 0 heterocycles. The Hall–Kier alpha value is -0.220. The van der Waals surface area contributed by atoms with E-state index in [1.807, 2.05) is 0 Å². The molecule has 2 N–H and O–H groups in total. The van der Waals surface area contributed by atoms with E-state index in [0.717, 1.165) is 32.2 Å². The minimum atomic E-state index is -0.158. The number of nitrogens with one attached hydrogen (secondary N) is 1. The van der Waals surface area contributed by atoms with E-state index in [0.29, 0.717) is 11.7 Å². The van der Waals surface area contributed by atoms with E-state index in [4.69, 9.17) is 0 Å². The van der Waals surface area contributed by atoms with Gasteiger partial charge in [0.15, 0.2) is 0 Å². The number of thioether (sulfide) groups is 1. The second-order valence-corrected chi connectivity index (χ2v) is 7.69. The van der Waals surface area contributed by atoms with Crippen LogP contribution in [-0.4, -0.2) is 34.2 Å².